The average Bonchev–Trinajstić information content (AvgIpc) is 2.13. The van der Waals surface area contributed by atoms with E-state index in [1.807, 2.05) is 0 Å². The first-order chi connectivity index (χ1) is 7.16. The molecular formula is C9H4BrF5O. The average molecular weight is 303 g/mol. The molecule has 0 atom stereocenters. The fourth-order valence-electron chi connectivity index (χ4n) is 1.04. The number of hydrogen-bond donors (Lipinski definition) is 0. The van der Waals surface area contributed by atoms with E-state index in [0.29, 0.717) is 6.07 Å². The van der Waals surface area contributed by atoms with Crippen LogP contribution in [0.25, 0.3) is 0 Å². The van der Waals surface area contributed by atoms with Crippen molar-refractivity contribution in [1.29, 1.82) is 0 Å². The monoisotopic (exact) mass is 302 g/mol. The van der Waals surface area contributed by atoms with Gasteiger partial charge in [-0.15, -0.1) is 0 Å². The van der Waals surface area contributed by atoms with E-state index in [9.17, 15) is 26.7 Å². The number of alkyl halides is 3. The van der Waals surface area contributed by atoms with Crippen molar-refractivity contribution in [3.8, 4) is 0 Å². The van der Waals surface area contributed by atoms with Crippen LogP contribution in [0.5, 0.6) is 0 Å². The minimum absolute atomic E-state index is 0.560. The van der Waals surface area contributed by atoms with Gasteiger partial charge in [0.25, 0.3) is 5.78 Å². The number of rotatable bonds is 1. The van der Waals surface area contributed by atoms with Crippen LogP contribution in [-0.4, -0.2) is 12.0 Å². The Kier molecular flexibility index (Phi) is 3.37. The van der Waals surface area contributed by atoms with E-state index in [0.717, 1.165) is 6.92 Å². The number of carbonyl (C=O) groups is 1. The molecule has 1 rings (SSSR count). The van der Waals surface area contributed by atoms with Crippen molar-refractivity contribution in [2.75, 3.05) is 0 Å². The second-order valence-electron chi connectivity index (χ2n) is 2.98. The van der Waals surface area contributed by atoms with E-state index in [1.165, 1.54) is 0 Å². The van der Waals surface area contributed by atoms with Crippen LogP contribution >= 0.6 is 15.9 Å². The Morgan fingerprint density at radius 1 is 1.31 bits per heavy atom. The zero-order valence-corrected chi connectivity index (χ0v) is 9.34. The van der Waals surface area contributed by atoms with Crippen LogP contribution in [0.1, 0.15) is 15.9 Å². The van der Waals surface area contributed by atoms with E-state index in [-0.39, 0.29) is 0 Å². The lowest BCUT2D eigenvalue weighted by atomic mass is 10.1. The molecule has 88 valence electrons. The third-order valence-corrected chi connectivity index (χ3v) is 2.51. The topological polar surface area (TPSA) is 17.1 Å². The molecule has 0 aliphatic rings. The Labute approximate surface area is 95.4 Å². The van der Waals surface area contributed by atoms with Crippen molar-refractivity contribution < 1.29 is 26.7 Å². The fraction of sp³-hybridized carbons (Fsp3) is 0.222. The molecule has 0 fully saturated rings. The van der Waals surface area contributed by atoms with Crippen molar-refractivity contribution in [2.24, 2.45) is 0 Å². The van der Waals surface area contributed by atoms with Crippen LogP contribution in [0.4, 0.5) is 22.0 Å². The van der Waals surface area contributed by atoms with Gasteiger partial charge in [0, 0.05) is 10.0 Å². The Bertz CT molecular complexity index is 452. The summed E-state index contributed by atoms with van der Waals surface area (Å²) in [7, 11) is 0. The highest BCUT2D eigenvalue weighted by Crippen LogP contribution is 2.31. The van der Waals surface area contributed by atoms with Crippen molar-refractivity contribution in [2.45, 2.75) is 13.1 Å². The zero-order chi connectivity index (χ0) is 12.7. The largest absolute Gasteiger partial charge is 0.455 e. The Morgan fingerprint density at radius 2 is 1.81 bits per heavy atom. The van der Waals surface area contributed by atoms with E-state index < -0.39 is 39.2 Å². The number of hydrogen-bond acceptors (Lipinski definition) is 1. The number of benzene rings is 1. The van der Waals surface area contributed by atoms with Crippen molar-refractivity contribution >= 4 is 21.7 Å². The summed E-state index contributed by atoms with van der Waals surface area (Å²) >= 11 is 2.52. The maximum absolute atomic E-state index is 13.3. The van der Waals surface area contributed by atoms with Gasteiger partial charge in [-0.3, -0.25) is 4.79 Å². The number of halogens is 6. The van der Waals surface area contributed by atoms with Crippen molar-refractivity contribution in [1.82, 2.24) is 0 Å². The van der Waals surface area contributed by atoms with Crippen LogP contribution in [0, 0.1) is 18.6 Å². The third-order valence-electron chi connectivity index (χ3n) is 1.88. The Balaban J connectivity index is 3.47. The molecule has 0 aliphatic carbocycles. The first-order valence-corrected chi connectivity index (χ1v) is 4.71. The van der Waals surface area contributed by atoms with Gasteiger partial charge >= 0.3 is 6.18 Å². The van der Waals surface area contributed by atoms with Gasteiger partial charge in [-0.25, -0.2) is 8.78 Å². The highest BCUT2D eigenvalue weighted by molar-refractivity contribution is 9.10. The van der Waals surface area contributed by atoms with Gasteiger partial charge in [0.2, 0.25) is 0 Å². The molecule has 1 nitrogen and oxygen atoms in total. The molecule has 0 aromatic heterocycles. The van der Waals surface area contributed by atoms with Gasteiger partial charge in [-0.05, 0) is 28.9 Å². The van der Waals surface area contributed by atoms with Crippen LogP contribution in [0.15, 0.2) is 10.5 Å². The summed E-state index contributed by atoms with van der Waals surface area (Å²) in [6.07, 6.45) is -5.20. The third kappa shape index (κ3) is 2.23. The number of ketones is 1. The maximum atomic E-state index is 13.3. The van der Waals surface area contributed by atoms with Gasteiger partial charge in [0.15, 0.2) is 0 Å². The highest BCUT2D eigenvalue weighted by Gasteiger charge is 2.42. The van der Waals surface area contributed by atoms with Crippen LogP contribution in [-0.2, 0) is 0 Å². The minimum atomic E-state index is -5.20. The second-order valence-corrected chi connectivity index (χ2v) is 3.84. The summed E-state index contributed by atoms with van der Waals surface area (Å²) < 4.78 is 62.0. The summed E-state index contributed by atoms with van der Waals surface area (Å²) in [4.78, 5) is 10.9. The predicted octanol–water partition coefficient (Wildman–Crippen LogP) is 3.78. The van der Waals surface area contributed by atoms with Gasteiger partial charge in [0.1, 0.15) is 11.6 Å². The quantitative estimate of drug-likeness (QED) is 0.570. The predicted molar refractivity (Wildman–Crippen MR) is 49.2 cm³/mol. The second kappa shape index (κ2) is 4.12. The molecule has 0 aliphatic heterocycles. The first-order valence-electron chi connectivity index (χ1n) is 3.92. The molecule has 0 spiro atoms. The van der Waals surface area contributed by atoms with Gasteiger partial charge < -0.3 is 0 Å². The molecule has 1 aromatic rings. The lowest BCUT2D eigenvalue weighted by molar-refractivity contribution is -0.0888. The highest BCUT2D eigenvalue weighted by atomic mass is 79.9. The molecule has 1 aromatic carbocycles. The van der Waals surface area contributed by atoms with Gasteiger partial charge in [-0.2, -0.15) is 13.2 Å². The van der Waals surface area contributed by atoms with Crippen molar-refractivity contribution in [3.63, 3.8) is 0 Å². The molecule has 0 saturated carbocycles. The molecule has 0 bridgehead atoms. The Morgan fingerprint density at radius 3 is 2.25 bits per heavy atom. The lowest BCUT2D eigenvalue weighted by Gasteiger charge is -2.10. The number of Topliss-reactive ketones (excluding diaryl/α,β-unsaturated/α-hetero) is 1. The molecule has 7 heteroatoms. The Hall–Kier alpha value is -0.980. The van der Waals surface area contributed by atoms with Crippen LogP contribution in [0.2, 0.25) is 0 Å². The molecule has 0 radical (unpaired) electrons. The summed E-state index contributed by atoms with van der Waals surface area (Å²) in [5, 5.41) is 0. The smallest absolute Gasteiger partial charge is 0.284 e. The van der Waals surface area contributed by atoms with Crippen molar-refractivity contribution in [3.05, 3.63) is 33.3 Å². The van der Waals surface area contributed by atoms with Gasteiger partial charge in [-0.1, -0.05) is 0 Å². The molecule has 0 N–H and O–H groups in total. The van der Waals surface area contributed by atoms with Crippen LogP contribution < -0.4 is 0 Å². The lowest BCUT2D eigenvalue weighted by Crippen LogP contribution is -2.25. The van der Waals surface area contributed by atoms with E-state index in [4.69, 9.17) is 0 Å². The normalized spacial score (nSPS) is 11.7. The standard InChI is InChI=1S/C9H4BrF5O/c1-3-5(11)2-4(10)6(7(3)12)8(16)9(13,14)15/h2H,1H3. The molecule has 0 saturated heterocycles. The fourth-order valence-corrected chi connectivity index (χ4v) is 1.59. The maximum Gasteiger partial charge on any atom is 0.455 e. The van der Waals surface area contributed by atoms with Gasteiger partial charge in [0.05, 0.1) is 5.56 Å². The summed E-state index contributed by atoms with van der Waals surface area (Å²) in [5.41, 5.74) is -1.83. The first kappa shape index (κ1) is 13.1. The van der Waals surface area contributed by atoms with E-state index in [1.54, 1.807) is 0 Å². The molecular weight excluding hydrogens is 299 g/mol. The molecule has 16 heavy (non-hydrogen) atoms. The molecule has 0 unspecified atom stereocenters. The summed E-state index contributed by atoms with van der Waals surface area (Å²) in [5.74, 6) is -4.88. The number of carbonyl (C=O) groups excluding carboxylic acids is 1. The molecule has 0 amide bonds. The van der Waals surface area contributed by atoms with E-state index in [2.05, 4.69) is 15.9 Å². The van der Waals surface area contributed by atoms with E-state index >= 15 is 0 Å². The molecule has 0 heterocycles. The van der Waals surface area contributed by atoms with Crippen LogP contribution in [0.3, 0.4) is 0 Å². The zero-order valence-electron chi connectivity index (χ0n) is 7.75. The minimum Gasteiger partial charge on any atom is -0.284 e. The summed E-state index contributed by atoms with van der Waals surface area (Å²) in [6, 6.07) is 0.622. The summed E-state index contributed by atoms with van der Waals surface area (Å²) in [6.45, 7) is 0.949. The SMILES string of the molecule is Cc1c(F)cc(Br)c(C(=O)C(F)(F)F)c1F.